The van der Waals surface area contributed by atoms with Crippen molar-refractivity contribution in [2.24, 2.45) is 0 Å². The van der Waals surface area contributed by atoms with E-state index >= 15 is 0 Å². The van der Waals surface area contributed by atoms with Crippen LogP contribution in [0.1, 0.15) is 85.5 Å². The van der Waals surface area contributed by atoms with Crippen LogP contribution in [0.15, 0.2) is 36.0 Å². The Balaban J connectivity index is 0.948. The van der Waals surface area contributed by atoms with Crippen molar-refractivity contribution in [1.82, 2.24) is 15.1 Å². The van der Waals surface area contributed by atoms with Crippen LogP contribution in [0.25, 0.3) is 0 Å². The van der Waals surface area contributed by atoms with Gasteiger partial charge in [-0.1, -0.05) is 49.5 Å². The van der Waals surface area contributed by atoms with Gasteiger partial charge in [0.1, 0.15) is 6.10 Å². The first-order valence-corrected chi connectivity index (χ1v) is 17.2. The topological polar surface area (TPSA) is 102 Å². The third-order valence-electron chi connectivity index (χ3n) is 9.58. The summed E-state index contributed by atoms with van der Waals surface area (Å²) in [5.74, 6) is -0.266. The first kappa shape index (κ1) is 34.1. The SMILES string of the molecule is CC(C=C[C@@H]1C[C@]2(CO2)CC(C)(C)O1)=CCC1OCC(NC(=O)C=C[C@H](C)OC(=O)N2CCN(C3CCCCCC3)CC2)CO1. The number of nitrogens with one attached hydrogen (secondary N) is 1. The van der Waals surface area contributed by atoms with E-state index in [4.69, 9.17) is 23.7 Å². The van der Waals surface area contributed by atoms with Crippen molar-refractivity contribution in [1.29, 1.82) is 0 Å². The predicted octanol–water partition coefficient (Wildman–Crippen LogP) is 4.89. The monoisotopic (exact) mass is 629 g/mol. The molecule has 1 N–H and O–H groups in total. The molecule has 4 saturated heterocycles. The van der Waals surface area contributed by atoms with Crippen LogP contribution in [0.5, 0.6) is 0 Å². The standard InChI is InChI=1S/C35H55N3O7/c1-26(11-14-30-21-35(25-43-35)24-34(3,4)45-30)12-16-32-41-22-28(23-42-32)36-31(39)15-13-27(2)44-33(40)38-19-17-37(18-20-38)29-9-7-5-6-8-10-29/h11-15,27-30,32H,5-10,16-25H2,1-4H3,(H,36,39)/t27-,28?,30+,32?,35+/m0/s1. The van der Waals surface area contributed by atoms with Crippen LogP contribution in [0.3, 0.4) is 0 Å². The van der Waals surface area contributed by atoms with E-state index in [1.54, 1.807) is 17.9 Å². The fourth-order valence-electron chi connectivity index (χ4n) is 7.15. The summed E-state index contributed by atoms with van der Waals surface area (Å²) in [6, 6.07) is 0.418. The Morgan fingerprint density at radius 1 is 1.02 bits per heavy atom. The molecule has 3 atom stereocenters. The fourth-order valence-corrected chi connectivity index (χ4v) is 7.15. The maximum Gasteiger partial charge on any atom is 0.410 e. The second-order valence-electron chi connectivity index (χ2n) is 14.2. The Kier molecular flexibility index (Phi) is 11.8. The predicted molar refractivity (Wildman–Crippen MR) is 172 cm³/mol. The molecular formula is C35H55N3O7. The molecule has 45 heavy (non-hydrogen) atoms. The Morgan fingerprint density at radius 2 is 1.71 bits per heavy atom. The lowest BCUT2D eigenvalue weighted by Gasteiger charge is -2.38. The summed E-state index contributed by atoms with van der Waals surface area (Å²) in [6.07, 6.45) is 18.6. The molecule has 0 bridgehead atoms. The number of amides is 2. The number of allylic oxidation sites excluding steroid dienone is 2. The first-order chi connectivity index (χ1) is 21.6. The smallest absolute Gasteiger partial charge is 0.410 e. The molecule has 5 rings (SSSR count). The molecule has 2 amide bonds. The van der Waals surface area contributed by atoms with E-state index in [2.05, 4.69) is 49.2 Å². The molecule has 1 saturated carbocycles. The van der Waals surface area contributed by atoms with Crippen LogP contribution in [0.2, 0.25) is 0 Å². The quantitative estimate of drug-likeness (QED) is 0.167. The molecule has 0 aromatic carbocycles. The summed E-state index contributed by atoms with van der Waals surface area (Å²) in [5.41, 5.74) is 0.947. The summed E-state index contributed by atoms with van der Waals surface area (Å²) in [4.78, 5) is 29.5. The van der Waals surface area contributed by atoms with Crippen LogP contribution < -0.4 is 5.32 Å². The van der Waals surface area contributed by atoms with Gasteiger partial charge in [-0.25, -0.2) is 4.79 Å². The minimum atomic E-state index is -0.505. The van der Waals surface area contributed by atoms with Crippen molar-refractivity contribution in [3.63, 3.8) is 0 Å². The second-order valence-corrected chi connectivity index (χ2v) is 14.2. The highest BCUT2D eigenvalue weighted by Gasteiger charge is 2.53. The van der Waals surface area contributed by atoms with Gasteiger partial charge in [-0.15, -0.1) is 0 Å². The van der Waals surface area contributed by atoms with Crippen molar-refractivity contribution >= 4 is 12.0 Å². The first-order valence-electron chi connectivity index (χ1n) is 17.2. The van der Waals surface area contributed by atoms with Gasteiger partial charge in [-0.2, -0.15) is 0 Å². The van der Waals surface area contributed by atoms with Crippen molar-refractivity contribution in [3.8, 4) is 0 Å². The van der Waals surface area contributed by atoms with Crippen LogP contribution >= 0.6 is 0 Å². The van der Waals surface area contributed by atoms with E-state index in [1.807, 2.05) is 0 Å². The second kappa shape index (κ2) is 15.6. The Bertz CT molecular complexity index is 1070. The molecular weight excluding hydrogens is 574 g/mol. The highest BCUT2D eigenvalue weighted by atomic mass is 16.7. The maximum absolute atomic E-state index is 12.7. The molecule has 4 aliphatic heterocycles. The molecule has 1 aliphatic carbocycles. The molecule has 4 heterocycles. The van der Waals surface area contributed by atoms with Crippen molar-refractivity contribution in [2.45, 2.75) is 127 Å². The Hall–Kier alpha value is -2.24. The number of hydrogen-bond donors (Lipinski definition) is 1. The van der Waals surface area contributed by atoms with Crippen LogP contribution in [0, 0.1) is 0 Å². The van der Waals surface area contributed by atoms with E-state index in [1.165, 1.54) is 44.6 Å². The Labute approximate surface area is 269 Å². The van der Waals surface area contributed by atoms with Gasteiger partial charge < -0.3 is 33.9 Å². The summed E-state index contributed by atoms with van der Waals surface area (Å²) in [5, 5.41) is 2.91. The summed E-state index contributed by atoms with van der Waals surface area (Å²) in [7, 11) is 0. The molecule has 0 aromatic rings. The number of rotatable bonds is 9. The number of ether oxygens (including phenoxy) is 5. The summed E-state index contributed by atoms with van der Waals surface area (Å²) in [6.45, 7) is 12.8. The zero-order chi connectivity index (χ0) is 31.9. The third kappa shape index (κ3) is 10.6. The molecule has 0 unspecified atom stereocenters. The van der Waals surface area contributed by atoms with Gasteiger partial charge in [0.2, 0.25) is 5.91 Å². The largest absolute Gasteiger partial charge is 0.442 e. The Morgan fingerprint density at radius 3 is 2.38 bits per heavy atom. The van der Waals surface area contributed by atoms with E-state index in [0.29, 0.717) is 38.8 Å². The molecule has 10 nitrogen and oxygen atoms in total. The lowest BCUT2D eigenvalue weighted by atomic mass is 9.85. The zero-order valence-corrected chi connectivity index (χ0v) is 27.8. The van der Waals surface area contributed by atoms with Gasteiger partial charge in [0.15, 0.2) is 6.29 Å². The van der Waals surface area contributed by atoms with E-state index in [-0.39, 0.29) is 41.6 Å². The highest BCUT2D eigenvalue weighted by molar-refractivity contribution is 5.87. The lowest BCUT2D eigenvalue weighted by molar-refractivity contribution is -0.187. The van der Waals surface area contributed by atoms with Gasteiger partial charge in [0.25, 0.3) is 0 Å². The third-order valence-corrected chi connectivity index (χ3v) is 9.58. The molecule has 10 heteroatoms. The van der Waals surface area contributed by atoms with Crippen LogP contribution in [-0.4, -0.2) is 110 Å². The molecule has 252 valence electrons. The number of hydrogen-bond acceptors (Lipinski definition) is 8. The van der Waals surface area contributed by atoms with E-state index in [0.717, 1.165) is 38.1 Å². The minimum absolute atomic E-state index is 0.00841. The van der Waals surface area contributed by atoms with Crippen molar-refractivity contribution in [3.05, 3.63) is 36.0 Å². The van der Waals surface area contributed by atoms with Gasteiger partial charge >= 0.3 is 6.09 Å². The van der Waals surface area contributed by atoms with Crippen LogP contribution in [-0.2, 0) is 28.5 Å². The number of epoxide rings is 1. The van der Waals surface area contributed by atoms with E-state index in [9.17, 15) is 9.59 Å². The molecule has 5 aliphatic rings. The fraction of sp³-hybridized carbons (Fsp3) is 0.771. The van der Waals surface area contributed by atoms with Gasteiger partial charge in [0.05, 0.1) is 43.2 Å². The lowest BCUT2D eigenvalue weighted by Crippen LogP contribution is -2.52. The summed E-state index contributed by atoms with van der Waals surface area (Å²) >= 11 is 0. The normalized spacial score (nSPS) is 32.5. The highest BCUT2D eigenvalue weighted by Crippen LogP contribution is 2.46. The number of nitrogens with zero attached hydrogens (tertiary/aromatic N) is 2. The maximum atomic E-state index is 12.7. The molecule has 0 radical (unpaired) electrons. The number of piperazine rings is 1. The minimum Gasteiger partial charge on any atom is -0.442 e. The van der Waals surface area contributed by atoms with Crippen molar-refractivity contribution in [2.75, 3.05) is 46.0 Å². The molecule has 1 spiro atoms. The van der Waals surface area contributed by atoms with Crippen LogP contribution in [0.4, 0.5) is 4.79 Å². The average Bonchev–Trinajstić information content (AvgIpc) is 3.80. The zero-order valence-electron chi connectivity index (χ0n) is 27.8. The van der Waals surface area contributed by atoms with Gasteiger partial charge in [-0.3, -0.25) is 9.69 Å². The summed E-state index contributed by atoms with van der Waals surface area (Å²) < 4.78 is 29.3. The number of carbonyl (C=O) groups is 2. The average molecular weight is 630 g/mol. The molecule has 0 aromatic heterocycles. The van der Waals surface area contributed by atoms with Gasteiger partial charge in [-0.05, 0) is 46.6 Å². The van der Waals surface area contributed by atoms with E-state index < -0.39 is 6.10 Å². The van der Waals surface area contributed by atoms with Gasteiger partial charge in [0, 0.05) is 57.6 Å². The number of carbonyl (C=O) groups excluding carboxylic acids is 2. The molecule has 5 fully saturated rings. The van der Waals surface area contributed by atoms with Crippen molar-refractivity contribution < 1.29 is 33.3 Å².